The van der Waals surface area contributed by atoms with Gasteiger partial charge in [-0.2, -0.15) is 18.2 Å². The van der Waals surface area contributed by atoms with Gasteiger partial charge in [-0.1, -0.05) is 6.92 Å². The summed E-state index contributed by atoms with van der Waals surface area (Å²) < 4.78 is 35.5. The minimum absolute atomic E-state index is 0.00810. The van der Waals surface area contributed by atoms with Crippen LogP contribution in [0.3, 0.4) is 0 Å². The fourth-order valence-corrected chi connectivity index (χ4v) is 0.558. The van der Waals surface area contributed by atoms with Crippen molar-refractivity contribution in [2.75, 3.05) is 6.54 Å². The van der Waals surface area contributed by atoms with Gasteiger partial charge in [-0.3, -0.25) is 4.79 Å². The highest BCUT2D eigenvalue weighted by Crippen LogP contribution is 2.16. The lowest BCUT2D eigenvalue weighted by Crippen LogP contribution is -2.39. The Hall–Kier alpha value is -1.27. The number of rotatable bonds is 2. The Kier molecular flexibility index (Phi) is 4.39. The maximum atomic E-state index is 11.8. The molecule has 0 bridgehead atoms. The molecular formula is C7H10F3NO3. The van der Waals surface area contributed by atoms with E-state index in [2.05, 4.69) is 4.84 Å². The second-order valence-corrected chi connectivity index (χ2v) is 2.49. The number of halogens is 3. The third-order valence-electron chi connectivity index (χ3n) is 1.17. The molecule has 7 heteroatoms. The largest absolute Gasteiger partial charge is 0.409 e. The lowest BCUT2D eigenvalue weighted by Gasteiger charge is -2.20. The van der Waals surface area contributed by atoms with Crippen LogP contribution in [0.2, 0.25) is 0 Å². The monoisotopic (exact) mass is 213 g/mol. The Morgan fingerprint density at radius 2 is 1.86 bits per heavy atom. The van der Waals surface area contributed by atoms with Crippen LogP contribution in [0.15, 0.2) is 0 Å². The second kappa shape index (κ2) is 4.83. The van der Waals surface area contributed by atoms with Crippen LogP contribution in [0.1, 0.15) is 20.3 Å². The number of carbonyl (C=O) groups excluding carboxylic acids is 2. The van der Waals surface area contributed by atoms with E-state index in [4.69, 9.17) is 0 Å². The molecule has 4 nitrogen and oxygen atoms in total. The molecule has 0 atom stereocenters. The van der Waals surface area contributed by atoms with Crippen molar-refractivity contribution in [1.29, 1.82) is 0 Å². The van der Waals surface area contributed by atoms with Crippen LogP contribution in [0.25, 0.3) is 0 Å². The molecule has 82 valence electrons. The van der Waals surface area contributed by atoms with Gasteiger partial charge in [0.1, 0.15) is 0 Å². The summed E-state index contributed by atoms with van der Waals surface area (Å²) in [5, 5.41) is -0.00810. The van der Waals surface area contributed by atoms with E-state index in [1.807, 2.05) is 0 Å². The predicted octanol–water partition coefficient (Wildman–Crippen LogP) is 1.27. The van der Waals surface area contributed by atoms with E-state index in [1.54, 1.807) is 0 Å². The van der Waals surface area contributed by atoms with Crippen molar-refractivity contribution in [3.63, 3.8) is 0 Å². The van der Waals surface area contributed by atoms with Gasteiger partial charge in [0.05, 0.1) is 0 Å². The van der Waals surface area contributed by atoms with E-state index in [-0.39, 0.29) is 11.5 Å². The minimum Gasteiger partial charge on any atom is -0.338 e. The highest BCUT2D eigenvalue weighted by Gasteiger charge is 2.34. The number of carbonyl (C=O) groups is 2. The van der Waals surface area contributed by atoms with E-state index in [0.717, 1.165) is 6.92 Å². The Morgan fingerprint density at radius 1 is 1.36 bits per heavy atom. The maximum absolute atomic E-state index is 11.8. The van der Waals surface area contributed by atoms with Crippen LogP contribution in [0.5, 0.6) is 0 Å². The Balaban J connectivity index is 4.31. The molecule has 0 saturated carbocycles. The molecule has 0 rings (SSSR count). The van der Waals surface area contributed by atoms with Gasteiger partial charge < -0.3 is 4.84 Å². The van der Waals surface area contributed by atoms with E-state index >= 15 is 0 Å². The smallest absolute Gasteiger partial charge is 0.338 e. The van der Waals surface area contributed by atoms with Crippen LogP contribution in [-0.2, 0) is 14.4 Å². The summed E-state index contributed by atoms with van der Waals surface area (Å²) in [5.74, 6) is -1.85. The SMILES string of the molecule is CCC(=O)ON(CC(F)(F)F)C(C)=O. The molecule has 0 aliphatic rings. The molecule has 14 heavy (non-hydrogen) atoms. The van der Waals surface area contributed by atoms with Crippen molar-refractivity contribution < 1.29 is 27.6 Å². The van der Waals surface area contributed by atoms with Gasteiger partial charge in [0.15, 0.2) is 6.54 Å². The van der Waals surface area contributed by atoms with Gasteiger partial charge in [-0.05, 0) is 0 Å². The fourth-order valence-electron chi connectivity index (χ4n) is 0.558. The van der Waals surface area contributed by atoms with Gasteiger partial charge in [-0.25, -0.2) is 4.79 Å². The molecule has 0 aromatic carbocycles. The normalized spacial score (nSPS) is 10.9. The molecule has 0 aliphatic heterocycles. The van der Waals surface area contributed by atoms with Gasteiger partial charge in [0.2, 0.25) is 0 Å². The van der Waals surface area contributed by atoms with Crippen LogP contribution in [-0.4, -0.2) is 29.7 Å². The molecule has 0 saturated heterocycles. The van der Waals surface area contributed by atoms with E-state index in [9.17, 15) is 22.8 Å². The third kappa shape index (κ3) is 5.39. The summed E-state index contributed by atoms with van der Waals surface area (Å²) in [7, 11) is 0. The van der Waals surface area contributed by atoms with E-state index < -0.39 is 24.6 Å². The number of nitrogens with zero attached hydrogens (tertiary/aromatic N) is 1. The minimum atomic E-state index is -4.58. The highest BCUT2D eigenvalue weighted by atomic mass is 19.4. The van der Waals surface area contributed by atoms with Crippen LogP contribution in [0.4, 0.5) is 13.2 Å². The summed E-state index contributed by atoms with van der Waals surface area (Å²) in [5.41, 5.74) is 0. The number of hydrogen-bond donors (Lipinski definition) is 0. The molecule has 0 radical (unpaired) electrons. The van der Waals surface area contributed by atoms with Crippen molar-refractivity contribution in [3.8, 4) is 0 Å². The topological polar surface area (TPSA) is 46.6 Å². The number of hydrogen-bond acceptors (Lipinski definition) is 3. The molecule has 0 aromatic heterocycles. The lowest BCUT2D eigenvalue weighted by atomic mass is 10.5. The first-order valence-electron chi connectivity index (χ1n) is 3.82. The zero-order valence-corrected chi connectivity index (χ0v) is 7.72. The summed E-state index contributed by atoms with van der Waals surface area (Å²) in [6, 6.07) is 0. The van der Waals surface area contributed by atoms with Crippen molar-refractivity contribution in [3.05, 3.63) is 0 Å². The first kappa shape index (κ1) is 12.7. The summed E-state index contributed by atoms with van der Waals surface area (Å²) in [4.78, 5) is 25.4. The summed E-state index contributed by atoms with van der Waals surface area (Å²) >= 11 is 0. The lowest BCUT2D eigenvalue weighted by molar-refractivity contribution is -0.229. The molecule has 1 amide bonds. The van der Waals surface area contributed by atoms with E-state index in [1.165, 1.54) is 6.92 Å². The predicted molar refractivity (Wildman–Crippen MR) is 39.8 cm³/mol. The molecule has 0 spiro atoms. The van der Waals surface area contributed by atoms with Crippen molar-refractivity contribution in [2.24, 2.45) is 0 Å². The van der Waals surface area contributed by atoms with Gasteiger partial charge >= 0.3 is 12.1 Å². The molecule has 0 aliphatic carbocycles. The van der Waals surface area contributed by atoms with Gasteiger partial charge in [0, 0.05) is 13.3 Å². The van der Waals surface area contributed by atoms with Crippen molar-refractivity contribution in [1.82, 2.24) is 5.06 Å². The fraction of sp³-hybridized carbons (Fsp3) is 0.714. The average Bonchev–Trinajstić information content (AvgIpc) is 2.00. The zero-order valence-electron chi connectivity index (χ0n) is 7.72. The zero-order chi connectivity index (χ0) is 11.4. The van der Waals surface area contributed by atoms with E-state index in [0.29, 0.717) is 0 Å². The van der Waals surface area contributed by atoms with Crippen LogP contribution in [0, 0.1) is 0 Å². The van der Waals surface area contributed by atoms with Crippen molar-refractivity contribution in [2.45, 2.75) is 26.4 Å². The third-order valence-corrected chi connectivity index (χ3v) is 1.17. The Bertz CT molecular complexity index is 227. The van der Waals surface area contributed by atoms with Crippen molar-refractivity contribution >= 4 is 11.9 Å². The summed E-state index contributed by atoms with van der Waals surface area (Å²) in [6.07, 6.45) is -4.68. The van der Waals surface area contributed by atoms with Gasteiger partial charge in [0.25, 0.3) is 5.91 Å². The first-order chi connectivity index (χ1) is 6.26. The quantitative estimate of drug-likeness (QED) is 0.649. The molecule has 0 N–H and O–H groups in total. The number of hydroxylamine groups is 2. The molecule has 0 heterocycles. The van der Waals surface area contributed by atoms with Gasteiger partial charge in [-0.15, -0.1) is 0 Å². The second-order valence-electron chi connectivity index (χ2n) is 2.49. The number of alkyl halides is 3. The molecule has 0 fully saturated rings. The Labute approximate surface area is 78.6 Å². The Morgan fingerprint density at radius 3 is 2.14 bits per heavy atom. The van der Waals surface area contributed by atoms with Crippen LogP contribution < -0.4 is 0 Å². The number of amides is 1. The van der Waals surface area contributed by atoms with Crippen LogP contribution >= 0.6 is 0 Å². The average molecular weight is 213 g/mol. The standard InChI is InChI=1S/C7H10F3NO3/c1-3-6(13)14-11(5(2)12)4-7(8,9)10/h3-4H2,1-2H3. The highest BCUT2D eigenvalue weighted by molar-refractivity contribution is 5.75. The first-order valence-corrected chi connectivity index (χ1v) is 3.82. The summed E-state index contributed by atoms with van der Waals surface area (Å²) in [6.45, 7) is 0.705. The molecule has 0 aromatic rings. The molecule has 0 unspecified atom stereocenters. The maximum Gasteiger partial charge on any atom is 0.409 e. The molecular weight excluding hydrogens is 203 g/mol.